The van der Waals surface area contributed by atoms with E-state index in [9.17, 15) is 0 Å². The van der Waals surface area contributed by atoms with Crippen molar-refractivity contribution in [1.82, 2.24) is 15.5 Å². The molecule has 0 bridgehead atoms. The van der Waals surface area contributed by atoms with Crippen LogP contribution >= 0.6 is 0 Å². The highest BCUT2D eigenvalue weighted by Gasteiger charge is 2.33. The zero-order chi connectivity index (χ0) is 17.3. The molecular weight excluding hydrogens is 312 g/mol. The summed E-state index contributed by atoms with van der Waals surface area (Å²) in [5.41, 5.74) is 0. The minimum Gasteiger partial charge on any atom is -0.378 e. The maximum Gasteiger partial charge on any atom is 0.191 e. The van der Waals surface area contributed by atoms with E-state index in [1.807, 2.05) is 7.05 Å². The van der Waals surface area contributed by atoms with Gasteiger partial charge in [-0.3, -0.25) is 9.89 Å². The van der Waals surface area contributed by atoms with E-state index < -0.39 is 0 Å². The van der Waals surface area contributed by atoms with E-state index in [0.717, 1.165) is 50.6 Å². The van der Waals surface area contributed by atoms with Crippen LogP contribution in [0.4, 0.5) is 0 Å². The lowest BCUT2D eigenvalue weighted by Gasteiger charge is -2.23. The minimum atomic E-state index is 0.520. The van der Waals surface area contributed by atoms with E-state index in [4.69, 9.17) is 4.74 Å². The third kappa shape index (κ3) is 7.53. The highest BCUT2D eigenvalue weighted by Crippen LogP contribution is 2.34. The molecule has 0 aliphatic heterocycles. The molecule has 3 aliphatic rings. The van der Waals surface area contributed by atoms with Crippen LogP contribution in [0.2, 0.25) is 0 Å². The highest BCUT2D eigenvalue weighted by molar-refractivity contribution is 5.79. The molecule has 0 atom stereocenters. The van der Waals surface area contributed by atoms with Crippen molar-refractivity contribution < 1.29 is 4.74 Å². The number of rotatable bonds is 11. The molecule has 0 radical (unpaired) electrons. The number of guanidine groups is 1. The van der Waals surface area contributed by atoms with Crippen LogP contribution < -0.4 is 10.6 Å². The number of nitrogens with zero attached hydrogens (tertiary/aromatic N) is 2. The van der Waals surface area contributed by atoms with Gasteiger partial charge in [0, 0.05) is 45.9 Å². The summed E-state index contributed by atoms with van der Waals surface area (Å²) in [6, 6.07) is 0.870. The van der Waals surface area contributed by atoms with Gasteiger partial charge in [-0.2, -0.15) is 0 Å². The van der Waals surface area contributed by atoms with Crippen molar-refractivity contribution in [3.63, 3.8) is 0 Å². The van der Waals surface area contributed by atoms with Crippen LogP contribution in [-0.2, 0) is 4.74 Å². The van der Waals surface area contributed by atoms with E-state index in [1.54, 1.807) is 0 Å². The molecule has 5 heteroatoms. The van der Waals surface area contributed by atoms with Gasteiger partial charge in [-0.05, 0) is 50.9 Å². The first-order valence-electron chi connectivity index (χ1n) is 10.7. The first-order valence-corrected chi connectivity index (χ1v) is 10.7. The molecule has 2 N–H and O–H groups in total. The number of hydrogen-bond acceptors (Lipinski definition) is 3. The van der Waals surface area contributed by atoms with Gasteiger partial charge in [0.2, 0.25) is 0 Å². The van der Waals surface area contributed by atoms with E-state index in [0.29, 0.717) is 6.10 Å². The zero-order valence-electron chi connectivity index (χ0n) is 16.1. The van der Waals surface area contributed by atoms with Crippen LogP contribution in [0.15, 0.2) is 4.99 Å². The molecule has 0 aromatic rings. The number of ether oxygens (including phenoxy) is 1. The van der Waals surface area contributed by atoms with E-state index >= 15 is 0 Å². The topological polar surface area (TPSA) is 48.9 Å². The molecule has 3 aliphatic carbocycles. The van der Waals surface area contributed by atoms with Gasteiger partial charge in [0.1, 0.15) is 0 Å². The molecule has 3 fully saturated rings. The highest BCUT2D eigenvalue weighted by atomic mass is 16.5. The smallest absolute Gasteiger partial charge is 0.191 e. The normalized spacial score (nSPS) is 22.4. The summed E-state index contributed by atoms with van der Waals surface area (Å²) in [7, 11) is 1.86. The summed E-state index contributed by atoms with van der Waals surface area (Å²) in [5, 5.41) is 6.89. The largest absolute Gasteiger partial charge is 0.378 e. The second kappa shape index (κ2) is 10.4. The number of hydrogen-bond donors (Lipinski definition) is 2. The van der Waals surface area contributed by atoms with Crippen molar-refractivity contribution >= 4 is 5.96 Å². The fourth-order valence-corrected chi connectivity index (χ4v) is 3.79. The molecule has 0 spiro atoms. The Kier molecular flexibility index (Phi) is 7.86. The van der Waals surface area contributed by atoms with Gasteiger partial charge < -0.3 is 15.4 Å². The molecule has 3 rings (SSSR count). The summed E-state index contributed by atoms with van der Waals surface area (Å²) in [6.45, 7) is 5.25. The Hall–Kier alpha value is -0.810. The Bertz CT molecular complexity index is 401. The molecule has 0 unspecified atom stereocenters. The quantitative estimate of drug-likeness (QED) is 0.342. The maximum absolute atomic E-state index is 5.98. The summed E-state index contributed by atoms with van der Waals surface area (Å²) >= 11 is 0. The third-order valence-electron chi connectivity index (χ3n) is 5.69. The van der Waals surface area contributed by atoms with Gasteiger partial charge in [-0.25, -0.2) is 0 Å². The van der Waals surface area contributed by atoms with Crippen LogP contribution in [-0.4, -0.2) is 62.8 Å². The maximum atomic E-state index is 5.98. The second-order valence-corrected chi connectivity index (χ2v) is 8.08. The molecule has 5 nitrogen and oxygen atoms in total. The Balaban J connectivity index is 1.21. The van der Waals surface area contributed by atoms with Crippen LogP contribution in [0.25, 0.3) is 0 Å². The molecule has 0 amide bonds. The lowest BCUT2D eigenvalue weighted by atomic mass is 9.98. The lowest BCUT2D eigenvalue weighted by Crippen LogP contribution is -2.43. The Morgan fingerprint density at radius 1 is 1.00 bits per heavy atom. The van der Waals surface area contributed by atoms with E-state index in [1.165, 1.54) is 64.3 Å². The molecule has 0 heterocycles. The van der Waals surface area contributed by atoms with Crippen LogP contribution in [0.1, 0.15) is 64.2 Å². The average molecular weight is 351 g/mol. The summed E-state index contributed by atoms with van der Waals surface area (Å²) in [5.74, 6) is 1.92. The third-order valence-corrected chi connectivity index (χ3v) is 5.69. The molecule has 0 aromatic heterocycles. The van der Waals surface area contributed by atoms with Crippen molar-refractivity contribution in [2.45, 2.75) is 76.4 Å². The monoisotopic (exact) mass is 350 g/mol. The van der Waals surface area contributed by atoms with Crippen LogP contribution in [0.5, 0.6) is 0 Å². The fourth-order valence-electron chi connectivity index (χ4n) is 3.79. The summed E-state index contributed by atoms with van der Waals surface area (Å²) in [6.07, 6.45) is 13.9. The van der Waals surface area contributed by atoms with E-state index in [2.05, 4.69) is 20.5 Å². The summed E-state index contributed by atoms with van der Waals surface area (Å²) < 4.78 is 5.98. The number of aliphatic imine (C=N–C) groups is 1. The van der Waals surface area contributed by atoms with Crippen molar-refractivity contribution in [1.29, 1.82) is 0 Å². The van der Waals surface area contributed by atoms with Crippen LogP contribution in [0.3, 0.4) is 0 Å². The molecule has 0 aromatic carbocycles. The van der Waals surface area contributed by atoms with Gasteiger partial charge in [0.15, 0.2) is 5.96 Å². The Labute approximate surface area is 154 Å². The fraction of sp³-hybridized carbons (Fsp3) is 0.950. The Morgan fingerprint density at radius 2 is 1.76 bits per heavy atom. The zero-order valence-corrected chi connectivity index (χ0v) is 16.1. The van der Waals surface area contributed by atoms with Gasteiger partial charge in [0.25, 0.3) is 0 Å². The molecular formula is C20H38N4O. The standard InChI is InChI=1S/C20H38N4O/c1-21-20(22-12-5-15-25-19-6-3-2-4-7-19)23-13-14-24(18-10-11-18)16-17-8-9-17/h17-19H,2-16H2,1H3,(H2,21,22,23). The van der Waals surface area contributed by atoms with Crippen molar-refractivity contribution in [2.24, 2.45) is 10.9 Å². The van der Waals surface area contributed by atoms with Crippen molar-refractivity contribution in [3.8, 4) is 0 Å². The first kappa shape index (κ1) is 19.0. The lowest BCUT2D eigenvalue weighted by molar-refractivity contribution is 0.0277. The SMILES string of the molecule is CN=C(NCCCOC1CCCCC1)NCCN(CC1CC1)C1CC1. The molecule has 0 saturated heterocycles. The number of nitrogens with one attached hydrogen (secondary N) is 2. The second-order valence-electron chi connectivity index (χ2n) is 8.08. The Morgan fingerprint density at radius 3 is 2.44 bits per heavy atom. The first-order chi connectivity index (χ1) is 12.3. The average Bonchev–Trinajstić information content (AvgIpc) is 3.54. The minimum absolute atomic E-state index is 0.520. The van der Waals surface area contributed by atoms with Crippen molar-refractivity contribution in [3.05, 3.63) is 0 Å². The van der Waals surface area contributed by atoms with E-state index in [-0.39, 0.29) is 0 Å². The van der Waals surface area contributed by atoms with Crippen LogP contribution in [0, 0.1) is 5.92 Å². The summed E-state index contributed by atoms with van der Waals surface area (Å²) in [4.78, 5) is 7.03. The van der Waals surface area contributed by atoms with Gasteiger partial charge in [-0.15, -0.1) is 0 Å². The van der Waals surface area contributed by atoms with Gasteiger partial charge >= 0.3 is 0 Å². The molecule has 3 saturated carbocycles. The van der Waals surface area contributed by atoms with Gasteiger partial charge in [0.05, 0.1) is 6.10 Å². The molecule has 144 valence electrons. The molecule has 25 heavy (non-hydrogen) atoms. The van der Waals surface area contributed by atoms with Crippen molar-refractivity contribution in [2.75, 3.05) is 39.8 Å². The predicted molar refractivity (Wildman–Crippen MR) is 104 cm³/mol. The predicted octanol–water partition coefficient (Wildman–Crippen LogP) is 2.77. The van der Waals surface area contributed by atoms with Gasteiger partial charge in [-0.1, -0.05) is 19.3 Å².